The zero-order chi connectivity index (χ0) is 36.7. The van der Waals surface area contributed by atoms with Crippen LogP contribution >= 0.6 is 0 Å². The summed E-state index contributed by atoms with van der Waals surface area (Å²) in [7, 11) is 0. The summed E-state index contributed by atoms with van der Waals surface area (Å²) in [6.07, 6.45) is 12.3. The Balaban J connectivity index is 1.15. The first kappa shape index (κ1) is 33.2. The van der Waals surface area contributed by atoms with E-state index in [4.69, 9.17) is 0 Å². The predicted molar refractivity (Wildman–Crippen MR) is 233 cm³/mol. The topological polar surface area (TPSA) is 3.24 Å². The zero-order valence-electron chi connectivity index (χ0n) is 32.4. The Kier molecular flexibility index (Phi) is 7.84. The molecule has 0 saturated heterocycles. The Morgan fingerprint density at radius 2 is 1.31 bits per heavy atom. The highest BCUT2D eigenvalue weighted by molar-refractivity contribution is 6.03. The van der Waals surface area contributed by atoms with Gasteiger partial charge >= 0.3 is 0 Å². The third kappa shape index (κ3) is 5.41. The van der Waals surface area contributed by atoms with Gasteiger partial charge in [0, 0.05) is 22.2 Å². The van der Waals surface area contributed by atoms with E-state index in [9.17, 15) is 0 Å². The third-order valence-corrected chi connectivity index (χ3v) is 14.5. The average molecular weight is 714 g/mol. The molecule has 0 spiro atoms. The van der Waals surface area contributed by atoms with E-state index >= 15 is 0 Å². The molecule has 4 aliphatic carbocycles. The lowest BCUT2D eigenvalue weighted by molar-refractivity contribution is 0.422. The number of rotatable bonds is 6. The molecule has 55 heavy (non-hydrogen) atoms. The van der Waals surface area contributed by atoms with Crippen molar-refractivity contribution in [3.63, 3.8) is 0 Å². The van der Waals surface area contributed by atoms with Gasteiger partial charge in [-0.2, -0.15) is 0 Å². The first-order valence-corrected chi connectivity index (χ1v) is 21.2. The summed E-state index contributed by atoms with van der Waals surface area (Å²) in [5.41, 5.74) is 14.8. The van der Waals surface area contributed by atoms with Crippen molar-refractivity contribution in [2.45, 2.75) is 88.9 Å². The Morgan fingerprint density at radius 3 is 2.11 bits per heavy atom. The number of anilines is 3. The van der Waals surface area contributed by atoms with Crippen molar-refractivity contribution in [3.8, 4) is 22.3 Å². The molecule has 0 aliphatic heterocycles. The lowest BCUT2D eigenvalue weighted by atomic mass is 9.81. The van der Waals surface area contributed by atoms with Gasteiger partial charge in [-0.25, -0.2) is 0 Å². The number of fused-ring (bicyclic) bond motifs is 7. The second-order valence-corrected chi connectivity index (χ2v) is 17.9. The van der Waals surface area contributed by atoms with Crippen molar-refractivity contribution in [1.82, 2.24) is 0 Å². The van der Waals surface area contributed by atoms with Crippen LogP contribution in [-0.2, 0) is 5.41 Å². The highest BCUT2D eigenvalue weighted by atomic mass is 15.1. The quantitative estimate of drug-likeness (QED) is 0.166. The summed E-state index contributed by atoms with van der Waals surface area (Å²) in [4.78, 5) is 2.60. The van der Waals surface area contributed by atoms with Gasteiger partial charge in [0.05, 0.1) is 5.69 Å². The fourth-order valence-corrected chi connectivity index (χ4v) is 11.7. The van der Waals surface area contributed by atoms with Gasteiger partial charge < -0.3 is 4.90 Å². The van der Waals surface area contributed by atoms with Gasteiger partial charge in [-0.05, 0) is 153 Å². The summed E-state index contributed by atoms with van der Waals surface area (Å²) in [6.45, 7) is 4.85. The normalized spacial score (nSPS) is 21.2. The Bertz CT molecular complexity index is 2580. The minimum absolute atomic E-state index is 0.141. The van der Waals surface area contributed by atoms with Gasteiger partial charge in [0.1, 0.15) is 0 Å². The SMILES string of the molecule is CC1(C)c2ccccc2-c2c(-c3ccc4ccccc4c3)cc(N(c3ccc(C4CCCCC4)cc3)c3ccc(C4CC5CCC4C5)c4ccccc34)cc21. The maximum absolute atomic E-state index is 2.60. The summed E-state index contributed by atoms with van der Waals surface area (Å²) in [5, 5.41) is 5.35. The van der Waals surface area contributed by atoms with E-state index in [-0.39, 0.29) is 5.41 Å². The standard InChI is InChI=1S/C54H51N/c1-54(2)50-19-11-10-18-47(50)53-49(41-23-22-37-14-6-7-15-39(37)32-41)33-43(34-51(53)54)55(42-26-24-38(25-27-42)36-12-4-3-5-13-36)52-29-28-45(44-16-8-9-17-46(44)52)48-31-35-20-21-40(48)30-35/h6-11,14-19,22-29,32-36,40,48H,3-5,12-13,20-21,30-31H2,1-2H3. The van der Waals surface area contributed by atoms with Crippen LogP contribution in [0.1, 0.15) is 106 Å². The molecule has 3 unspecified atom stereocenters. The van der Waals surface area contributed by atoms with Gasteiger partial charge in [0.2, 0.25) is 0 Å². The Hall–Kier alpha value is -5.14. The second kappa shape index (κ2) is 13.0. The van der Waals surface area contributed by atoms with E-state index in [0.717, 1.165) is 11.8 Å². The minimum atomic E-state index is -0.141. The second-order valence-electron chi connectivity index (χ2n) is 17.9. The molecule has 0 N–H and O–H groups in total. The summed E-state index contributed by atoms with van der Waals surface area (Å²) in [6, 6.07) is 54.1. The molecule has 2 bridgehead atoms. The molecule has 4 aliphatic rings. The molecule has 0 heterocycles. The fourth-order valence-electron chi connectivity index (χ4n) is 11.7. The van der Waals surface area contributed by atoms with Crippen LogP contribution in [0.15, 0.2) is 140 Å². The molecule has 0 aromatic heterocycles. The van der Waals surface area contributed by atoms with Crippen molar-refractivity contribution in [3.05, 3.63) is 162 Å². The van der Waals surface area contributed by atoms with E-state index in [2.05, 4.69) is 158 Å². The molecule has 272 valence electrons. The summed E-state index contributed by atoms with van der Waals surface area (Å²) in [5.74, 6) is 3.12. The van der Waals surface area contributed by atoms with E-state index in [0.29, 0.717) is 11.8 Å². The van der Waals surface area contributed by atoms with E-state index < -0.39 is 0 Å². The molecule has 3 saturated carbocycles. The van der Waals surface area contributed by atoms with E-state index in [1.165, 1.54) is 135 Å². The number of nitrogens with zero attached hydrogens (tertiary/aromatic N) is 1. The van der Waals surface area contributed by atoms with Crippen molar-refractivity contribution >= 4 is 38.6 Å². The van der Waals surface area contributed by atoms with Gasteiger partial charge in [-0.3, -0.25) is 0 Å². The van der Waals surface area contributed by atoms with Crippen LogP contribution in [0.25, 0.3) is 43.8 Å². The monoisotopic (exact) mass is 713 g/mol. The first-order valence-electron chi connectivity index (χ1n) is 21.2. The molecule has 7 aromatic carbocycles. The number of hydrogen-bond acceptors (Lipinski definition) is 1. The minimum Gasteiger partial charge on any atom is -0.310 e. The molecule has 11 rings (SSSR count). The van der Waals surface area contributed by atoms with E-state index in [1.807, 2.05) is 0 Å². The van der Waals surface area contributed by atoms with Crippen LogP contribution in [0.5, 0.6) is 0 Å². The van der Waals surface area contributed by atoms with Crippen LogP contribution in [0.4, 0.5) is 17.1 Å². The highest BCUT2D eigenvalue weighted by Crippen LogP contribution is 2.57. The smallest absolute Gasteiger partial charge is 0.0540 e. The van der Waals surface area contributed by atoms with Gasteiger partial charge in [-0.15, -0.1) is 0 Å². The fraction of sp³-hybridized carbons (Fsp3) is 0.296. The molecule has 7 aromatic rings. The van der Waals surface area contributed by atoms with Gasteiger partial charge in [0.15, 0.2) is 0 Å². The molecule has 1 nitrogen and oxygen atoms in total. The van der Waals surface area contributed by atoms with Gasteiger partial charge in [0.25, 0.3) is 0 Å². The molecular formula is C54H51N. The molecular weight excluding hydrogens is 663 g/mol. The number of benzene rings is 7. The Morgan fingerprint density at radius 1 is 0.545 bits per heavy atom. The maximum Gasteiger partial charge on any atom is 0.0540 e. The molecule has 3 atom stereocenters. The van der Waals surface area contributed by atoms with Crippen LogP contribution in [0.2, 0.25) is 0 Å². The lowest BCUT2D eigenvalue weighted by Crippen LogP contribution is -2.17. The third-order valence-electron chi connectivity index (χ3n) is 14.5. The van der Waals surface area contributed by atoms with Crippen molar-refractivity contribution < 1.29 is 0 Å². The average Bonchev–Trinajstić information content (AvgIpc) is 3.94. The first-order chi connectivity index (χ1) is 27.0. The van der Waals surface area contributed by atoms with Crippen LogP contribution in [0.3, 0.4) is 0 Å². The van der Waals surface area contributed by atoms with Crippen LogP contribution < -0.4 is 4.90 Å². The molecule has 0 amide bonds. The van der Waals surface area contributed by atoms with Crippen molar-refractivity contribution in [2.24, 2.45) is 11.8 Å². The largest absolute Gasteiger partial charge is 0.310 e. The lowest BCUT2D eigenvalue weighted by Gasteiger charge is -2.32. The maximum atomic E-state index is 2.60. The molecule has 0 radical (unpaired) electrons. The van der Waals surface area contributed by atoms with E-state index in [1.54, 1.807) is 5.56 Å². The summed E-state index contributed by atoms with van der Waals surface area (Å²) >= 11 is 0. The zero-order valence-corrected chi connectivity index (χ0v) is 32.4. The molecule has 3 fully saturated rings. The van der Waals surface area contributed by atoms with Gasteiger partial charge in [-0.1, -0.05) is 143 Å². The van der Waals surface area contributed by atoms with Crippen LogP contribution in [-0.4, -0.2) is 0 Å². The van der Waals surface area contributed by atoms with Crippen molar-refractivity contribution in [1.29, 1.82) is 0 Å². The van der Waals surface area contributed by atoms with Crippen LogP contribution in [0, 0.1) is 11.8 Å². The Labute approximate surface area is 327 Å². The number of hydrogen-bond donors (Lipinski definition) is 0. The molecule has 1 heteroatoms. The highest BCUT2D eigenvalue weighted by Gasteiger charge is 2.41. The predicted octanol–water partition coefficient (Wildman–Crippen LogP) is 15.4. The van der Waals surface area contributed by atoms with Crippen molar-refractivity contribution in [2.75, 3.05) is 4.90 Å². The summed E-state index contributed by atoms with van der Waals surface area (Å²) < 4.78 is 0.